The zero-order valence-corrected chi connectivity index (χ0v) is 9.40. The fourth-order valence-corrected chi connectivity index (χ4v) is 1.36. The van der Waals surface area contributed by atoms with Crippen LogP contribution < -0.4 is 10.5 Å². The Balaban J connectivity index is 2.27. The molecular formula is C11H10ClN3O. The van der Waals surface area contributed by atoms with Gasteiger partial charge >= 0.3 is 0 Å². The highest BCUT2D eigenvalue weighted by molar-refractivity contribution is 6.30. The third-order valence-corrected chi connectivity index (χ3v) is 2.14. The monoisotopic (exact) mass is 235 g/mol. The molecule has 2 heterocycles. The lowest BCUT2D eigenvalue weighted by Crippen LogP contribution is -1.96. The first-order valence-corrected chi connectivity index (χ1v) is 5.04. The van der Waals surface area contributed by atoms with Gasteiger partial charge in [-0.2, -0.15) is 0 Å². The number of ether oxygens (including phenoxy) is 1. The number of rotatable bonds is 2. The minimum Gasteiger partial charge on any atom is -0.418 e. The van der Waals surface area contributed by atoms with Gasteiger partial charge in [-0.3, -0.25) is 0 Å². The van der Waals surface area contributed by atoms with Crippen LogP contribution in [0.1, 0.15) is 5.56 Å². The largest absolute Gasteiger partial charge is 0.418 e. The third-order valence-electron chi connectivity index (χ3n) is 1.94. The predicted molar refractivity (Wildman–Crippen MR) is 62.7 cm³/mol. The lowest BCUT2D eigenvalue weighted by atomic mass is 10.3. The standard InChI is InChI=1S/C11H10ClN3O/c1-7-2-3-14-10(4-7)16-11-9(13)5-8(12)6-15-11/h2-6H,13H2,1H3. The third kappa shape index (κ3) is 2.41. The molecule has 0 amide bonds. The van der Waals surface area contributed by atoms with Gasteiger partial charge in [-0.25, -0.2) is 9.97 Å². The number of hydrogen-bond donors (Lipinski definition) is 1. The molecule has 2 N–H and O–H groups in total. The van der Waals surface area contributed by atoms with E-state index in [1.807, 2.05) is 13.0 Å². The summed E-state index contributed by atoms with van der Waals surface area (Å²) in [7, 11) is 0. The van der Waals surface area contributed by atoms with Crippen molar-refractivity contribution >= 4 is 17.3 Å². The van der Waals surface area contributed by atoms with Gasteiger partial charge in [0, 0.05) is 18.5 Å². The Morgan fingerprint density at radius 3 is 2.81 bits per heavy atom. The van der Waals surface area contributed by atoms with E-state index in [2.05, 4.69) is 9.97 Å². The Hall–Kier alpha value is -1.81. The van der Waals surface area contributed by atoms with Gasteiger partial charge < -0.3 is 10.5 Å². The Kier molecular flexibility index (Phi) is 2.92. The second-order valence-corrected chi connectivity index (χ2v) is 3.76. The van der Waals surface area contributed by atoms with E-state index in [0.29, 0.717) is 22.5 Å². The van der Waals surface area contributed by atoms with Crippen LogP contribution >= 0.6 is 11.6 Å². The van der Waals surface area contributed by atoms with Crippen LogP contribution in [-0.2, 0) is 0 Å². The van der Waals surface area contributed by atoms with Crippen molar-refractivity contribution in [3.8, 4) is 11.8 Å². The number of anilines is 1. The van der Waals surface area contributed by atoms with E-state index in [1.54, 1.807) is 18.3 Å². The smallest absolute Gasteiger partial charge is 0.244 e. The number of nitrogens with zero attached hydrogens (tertiary/aromatic N) is 2. The van der Waals surface area contributed by atoms with Gasteiger partial charge in [0.1, 0.15) is 0 Å². The van der Waals surface area contributed by atoms with Crippen molar-refractivity contribution in [1.29, 1.82) is 0 Å². The van der Waals surface area contributed by atoms with E-state index >= 15 is 0 Å². The topological polar surface area (TPSA) is 61.0 Å². The molecule has 0 atom stereocenters. The second kappa shape index (κ2) is 4.37. The molecule has 0 aromatic carbocycles. The molecule has 0 unspecified atom stereocenters. The summed E-state index contributed by atoms with van der Waals surface area (Å²) in [6.45, 7) is 1.95. The van der Waals surface area contributed by atoms with E-state index in [-0.39, 0.29) is 0 Å². The molecule has 0 bridgehead atoms. The number of aryl methyl sites for hydroxylation is 1. The van der Waals surface area contributed by atoms with E-state index in [0.717, 1.165) is 5.56 Å². The molecule has 5 heteroatoms. The molecule has 0 saturated heterocycles. The van der Waals surface area contributed by atoms with Crippen LogP contribution in [0.2, 0.25) is 5.02 Å². The maximum atomic E-state index is 5.73. The van der Waals surface area contributed by atoms with Crippen LogP contribution in [0.15, 0.2) is 30.6 Å². The molecule has 0 aliphatic carbocycles. The quantitative estimate of drug-likeness (QED) is 0.870. The second-order valence-electron chi connectivity index (χ2n) is 3.32. The van der Waals surface area contributed by atoms with E-state index in [9.17, 15) is 0 Å². The van der Waals surface area contributed by atoms with Gasteiger partial charge in [-0.05, 0) is 24.6 Å². The summed E-state index contributed by atoms with van der Waals surface area (Å²) in [6.07, 6.45) is 3.14. The van der Waals surface area contributed by atoms with E-state index < -0.39 is 0 Å². The highest BCUT2D eigenvalue weighted by atomic mass is 35.5. The maximum absolute atomic E-state index is 5.73. The summed E-state index contributed by atoms with van der Waals surface area (Å²) in [4.78, 5) is 8.03. The molecular weight excluding hydrogens is 226 g/mol. The van der Waals surface area contributed by atoms with Crippen molar-refractivity contribution in [3.05, 3.63) is 41.2 Å². The number of nitrogens with two attached hydrogens (primary N) is 1. The number of nitrogen functional groups attached to an aromatic ring is 1. The zero-order chi connectivity index (χ0) is 11.5. The van der Waals surface area contributed by atoms with Gasteiger partial charge in [-0.1, -0.05) is 11.6 Å². The highest BCUT2D eigenvalue weighted by Gasteiger charge is 2.05. The first kappa shape index (κ1) is 10.7. The molecule has 16 heavy (non-hydrogen) atoms. The summed E-state index contributed by atoms with van der Waals surface area (Å²) in [6, 6.07) is 5.26. The summed E-state index contributed by atoms with van der Waals surface area (Å²) >= 11 is 5.73. The average Bonchev–Trinajstić information content (AvgIpc) is 2.22. The molecule has 4 nitrogen and oxygen atoms in total. The normalized spacial score (nSPS) is 10.1. The number of hydrogen-bond acceptors (Lipinski definition) is 4. The van der Waals surface area contributed by atoms with Crippen LogP contribution in [0.4, 0.5) is 5.69 Å². The number of pyridine rings is 2. The molecule has 2 rings (SSSR count). The van der Waals surface area contributed by atoms with Gasteiger partial charge in [0.05, 0.1) is 10.7 Å². The summed E-state index contributed by atoms with van der Waals surface area (Å²) in [5.74, 6) is 0.768. The molecule has 0 fully saturated rings. The summed E-state index contributed by atoms with van der Waals surface area (Å²) in [5.41, 5.74) is 7.15. The summed E-state index contributed by atoms with van der Waals surface area (Å²) < 4.78 is 5.44. The first-order chi connectivity index (χ1) is 7.65. The van der Waals surface area contributed by atoms with Gasteiger partial charge in [0.2, 0.25) is 11.8 Å². The Bertz CT molecular complexity index is 516. The molecule has 0 aliphatic heterocycles. The minimum atomic E-state index is 0.308. The van der Waals surface area contributed by atoms with Crippen molar-refractivity contribution in [3.63, 3.8) is 0 Å². The van der Waals surface area contributed by atoms with Gasteiger partial charge in [0.25, 0.3) is 0 Å². The van der Waals surface area contributed by atoms with Crippen molar-refractivity contribution < 1.29 is 4.74 Å². The van der Waals surface area contributed by atoms with Crippen molar-refractivity contribution in [2.75, 3.05) is 5.73 Å². The SMILES string of the molecule is Cc1ccnc(Oc2ncc(Cl)cc2N)c1. The fourth-order valence-electron chi connectivity index (χ4n) is 1.19. The van der Waals surface area contributed by atoms with E-state index in [1.165, 1.54) is 6.20 Å². The van der Waals surface area contributed by atoms with Crippen molar-refractivity contribution in [2.45, 2.75) is 6.92 Å². The van der Waals surface area contributed by atoms with E-state index in [4.69, 9.17) is 22.1 Å². The first-order valence-electron chi connectivity index (χ1n) is 4.66. The van der Waals surface area contributed by atoms with Crippen LogP contribution in [0.3, 0.4) is 0 Å². The molecule has 0 spiro atoms. The van der Waals surface area contributed by atoms with Gasteiger partial charge in [-0.15, -0.1) is 0 Å². The molecule has 0 aliphatic rings. The molecule has 2 aromatic heterocycles. The number of halogens is 1. The van der Waals surface area contributed by atoms with Crippen LogP contribution in [-0.4, -0.2) is 9.97 Å². The van der Waals surface area contributed by atoms with Crippen LogP contribution in [0.5, 0.6) is 11.8 Å². The fraction of sp³-hybridized carbons (Fsp3) is 0.0909. The van der Waals surface area contributed by atoms with Crippen LogP contribution in [0, 0.1) is 6.92 Å². The lowest BCUT2D eigenvalue weighted by Gasteiger charge is -2.06. The van der Waals surface area contributed by atoms with Crippen LogP contribution in [0.25, 0.3) is 0 Å². The molecule has 2 aromatic rings. The molecule has 0 radical (unpaired) electrons. The minimum absolute atomic E-state index is 0.308. The Morgan fingerprint density at radius 2 is 2.12 bits per heavy atom. The Morgan fingerprint density at radius 1 is 1.31 bits per heavy atom. The number of aromatic nitrogens is 2. The highest BCUT2D eigenvalue weighted by Crippen LogP contribution is 2.25. The van der Waals surface area contributed by atoms with Crippen molar-refractivity contribution in [2.24, 2.45) is 0 Å². The molecule has 82 valence electrons. The predicted octanol–water partition coefficient (Wildman–Crippen LogP) is 2.81. The summed E-state index contributed by atoms with van der Waals surface area (Å²) in [5, 5.41) is 0.474. The zero-order valence-electron chi connectivity index (χ0n) is 8.64. The van der Waals surface area contributed by atoms with Crippen molar-refractivity contribution in [1.82, 2.24) is 9.97 Å². The average molecular weight is 236 g/mol. The maximum Gasteiger partial charge on any atom is 0.244 e. The lowest BCUT2D eigenvalue weighted by molar-refractivity contribution is 0.447. The molecule has 0 saturated carbocycles. The van der Waals surface area contributed by atoms with Gasteiger partial charge in [0.15, 0.2) is 0 Å². The Labute approximate surface area is 98.0 Å².